The van der Waals surface area contributed by atoms with E-state index in [0.29, 0.717) is 0 Å². The Morgan fingerprint density at radius 2 is 2.17 bits per heavy atom. The maximum atomic E-state index is 4.26. The number of aromatic nitrogens is 1. The van der Waals surface area contributed by atoms with Gasteiger partial charge in [-0.1, -0.05) is 18.7 Å². The van der Waals surface area contributed by atoms with Crippen LogP contribution in [0.2, 0.25) is 0 Å². The number of aliphatic imine (C=N–C) groups is 1. The highest BCUT2D eigenvalue weighted by molar-refractivity contribution is 5.73. The van der Waals surface area contributed by atoms with Crippen LogP contribution in [-0.4, -0.2) is 11.2 Å². The van der Waals surface area contributed by atoms with Gasteiger partial charge in [-0.3, -0.25) is 0 Å². The van der Waals surface area contributed by atoms with Crippen LogP contribution in [0.4, 0.5) is 5.82 Å². The average molecular weight is 160 g/mol. The zero-order valence-corrected chi connectivity index (χ0v) is 7.41. The molecule has 0 saturated carbocycles. The first-order chi connectivity index (χ1) is 5.74. The lowest BCUT2D eigenvalue weighted by atomic mass is 10.2. The van der Waals surface area contributed by atoms with Crippen molar-refractivity contribution in [3.63, 3.8) is 0 Å². The second kappa shape index (κ2) is 3.81. The summed E-state index contributed by atoms with van der Waals surface area (Å²) in [5, 5.41) is 0. The zero-order valence-electron chi connectivity index (χ0n) is 7.41. The van der Waals surface area contributed by atoms with Crippen molar-refractivity contribution in [1.29, 1.82) is 0 Å². The molecular weight excluding hydrogens is 148 g/mol. The van der Waals surface area contributed by atoms with E-state index in [1.807, 2.05) is 26.0 Å². The van der Waals surface area contributed by atoms with Crippen molar-refractivity contribution < 1.29 is 0 Å². The number of aryl methyl sites for hydroxylation is 2. The van der Waals surface area contributed by atoms with Crippen LogP contribution in [0.15, 0.2) is 29.8 Å². The van der Waals surface area contributed by atoms with Gasteiger partial charge in [0, 0.05) is 11.9 Å². The zero-order chi connectivity index (χ0) is 8.97. The van der Waals surface area contributed by atoms with Gasteiger partial charge < -0.3 is 0 Å². The van der Waals surface area contributed by atoms with E-state index < -0.39 is 0 Å². The molecular formula is C10H12N2. The molecule has 1 aromatic heterocycles. The number of hydrogen-bond acceptors (Lipinski definition) is 2. The van der Waals surface area contributed by atoms with Gasteiger partial charge in [0.25, 0.3) is 0 Å². The number of rotatable bonds is 2. The van der Waals surface area contributed by atoms with Gasteiger partial charge in [0.05, 0.1) is 0 Å². The van der Waals surface area contributed by atoms with Crippen LogP contribution < -0.4 is 0 Å². The number of nitrogens with zero attached hydrogens (tertiary/aromatic N) is 2. The van der Waals surface area contributed by atoms with Crippen LogP contribution in [0.3, 0.4) is 0 Å². The molecule has 0 N–H and O–H groups in total. The molecule has 0 spiro atoms. The summed E-state index contributed by atoms with van der Waals surface area (Å²) in [4.78, 5) is 8.40. The number of hydrogen-bond donors (Lipinski definition) is 0. The Labute approximate surface area is 72.7 Å². The molecule has 2 heteroatoms. The fraction of sp³-hybridized carbons (Fsp3) is 0.200. The maximum Gasteiger partial charge on any atom is 0.154 e. The summed E-state index contributed by atoms with van der Waals surface area (Å²) in [6, 6.07) is 3.99. The van der Waals surface area contributed by atoms with Crippen molar-refractivity contribution in [2.24, 2.45) is 4.99 Å². The molecule has 0 unspecified atom stereocenters. The van der Waals surface area contributed by atoms with Crippen molar-refractivity contribution in [3.8, 4) is 0 Å². The topological polar surface area (TPSA) is 25.2 Å². The minimum Gasteiger partial charge on any atom is -0.237 e. The largest absolute Gasteiger partial charge is 0.237 e. The van der Waals surface area contributed by atoms with Gasteiger partial charge in [-0.15, -0.1) is 0 Å². The molecule has 0 bridgehead atoms. The molecule has 0 saturated heterocycles. The summed E-state index contributed by atoms with van der Waals surface area (Å²) in [6.45, 7) is 7.49. The minimum absolute atomic E-state index is 0.773. The first kappa shape index (κ1) is 8.65. The molecule has 0 amide bonds. The summed E-state index contributed by atoms with van der Waals surface area (Å²) < 4.78 is 0. The fourth-order valence-corrected chi connectivity index (χ4v) is 0.867. The highest BCUT2D eigenvalue weighted by Gasteiger charge is 1.95. The fourth-order valence-electron chi connectivity index (χ4n) is 0.867. The van der Waals surface area contributed by atoms with Crippen LogP contribution in [0.1, 0.15) is 11.3 Å². The van der Waals surface area contributed by atoms with E-state index >= 15 is 0 Å². The second-order valence-corrected chi connectivity index (χ2v) is 2.61. The third-order valence-electron chi connectivity index (χ3n) is 1.51. The van der Waals surface area contributed by atoms with Crippen molar-refractivity contribution in [2.75, 3.05) is 0 Å². The molecule has 0 aromatic carbocycles. The lowest BCUT2D eigenvalue weighted by molar-refractivity contribution is 1.15. The van der Waals surface area contributed by atoms with Crippen LogP contribution >= 0.6 is 0 Å². The molecule has 0 aliphatic carbocycles. The second-order valence-electron chi connectivity index (χ2n) is 2.61. The van der Waals surface area contributed by atoms with Gasteiger partial charge in [0.2, 0.25) is 0 Å². The Morgan fingerprint density at radius 1 is 1.42 bits per heavy atom. The van der Waals surface area contributed by atoms with E-state index in [2.05, 4.69) is 16.6 Å². The van der Waals surface area contributed by atoms with Gasteiger partial charge in [-0.05, 0) is 25.5 Å². The van der Waals surface area contributed by atoms with Crippen LogP contribution in [0.25, 0.3) is 0 Å². The number of allylic oxidation sites excluding steroid dienone is 1. The van der Waals surface area contributed by atoms with Gasteiger partial charge in [0.1, 0.15) is 0 Å². The van der Waals surface area contributed by atoms with Crippen molar-refractivity contribution in [2.45, 2.75) is 13.8 Å². The Kier molecular flexibility index (Phi) is 2.75. The lowest BCUT2D eigenvalue weighted by Crippen LogP contribution is -1.83. The van der Waals surface area contributed by atoms with Gasteiger partial charge in [-0.25, -0.2) is 9.98 Å². The Bertz CT molecular complexity index is 314. The lowest BCUT2D eigenvalue weighted by Gasteiger charge is -1.98. The standard InChI is InChI=1S/C10H12N2/c1-4-7-11-10-8(2)5-6-9(3)12-10/h4-7H,1H2,2-3H3/b11-7-. The van der Waals surface area contributed by atoms with Crippen LogP contribution in [0, 0.1) is 13.8 Å². The Hall–Kier alpha value is -1.44. The molecule has 2 nitrogen and oxygen atoms in total. The van der Waals surface area contributed by atoms with Crippen LogP contribution in [0.5, 0.6) is 0 Å². The highest BCUT2D eigenvalue weighted by atomic mass is 14.9. The van der Waals surface area contributed by atoms with E-state index in [-0.39, 0.29) is 0 Å². The Balaban J connectivity index is 3.04. The monoisotopic (exact) mass is 160 g/mol. The van der Waals surface area contributed by atoms with Gasteiger partial charge >= 0.3 is 0 Å². The normalized spacial score (nSPS) is 10.5. The maximum absolute atomic E-state index is 4.26. The molecule has 1 rings (SSSR count). The summed E-state index contributed by atoms with van der Waals surface area (Å²) in [5.74, 6) is 0.773. The molecule has 1 heterocycles. The third kappa shape index (κ3) is 2.02. The SMILES string of the molecule is C=C/C=N\c1nc(C)ccc1C. The summed E-state index contributed by atoms with van der Waals surface area (Å²) in [5.41, 5.74) is 2.07. The third-order valence-corrected chi connectivity index (χ3v) is 1.51. The van der Waals surface area contributed by atoms with Crippen LogP contribution in [-0.2, 0) is 0 Å². The predicted octanol–water partition coefficient (Wildman–Crippen LogP) is 2.59. The van der Waals surface area contributed by atoms with Crippen molar-refractivity contribution in [1.82, 2.24) is 4.98 Å². The summed E-state index contributed by atoms with van der Waals surface area (Å²) in [7, 11) is 0. The van der Waals surface area contributed by atoms with Gasteiger partial charge in [-0.2, -0.15) is 0 Å². The molecule has 0 radical (unpaired) electrons. The van der Waals surface area contributed by atoms with E-state index in [0.717, 1.165) is 17.1 Å². The summed E-state index contributed by atoms with van der Waals surface area (Å²) in [6.07, 6.45) is 3.29. The predicted molar refractivity (Wildman–Crippen MR) is 52.1 cm³/mol. The molecule has 62 valence electrons. The van der Waals surface area contributed by atoms with E-state index in [1.165, 1.54) is 0 Å². The van der Waals surface area contributed by atoms with Gasteiger partial charge in [0.15, 0.2) is 5.82 Å². The molecule has 0 aliphatic heterocycles. The summed E-state index contributed by atoms with van der Waals surface area (Å²) >= 11 is 0. The van der Waals surface area contributed by atoms with Crippen molar-refractivity contribution in [3.05, 3.63) is 36.0 Å². The molecule has 12 heavy (non-hydrogen) atoms. The molecule has 0 fully saturated rings. The first-order valence-corrected chi connectivity index (χ1v) is 3.83. The van der Waals surface area contributed by atoms with E-state index in [4.69, 9.17) is 0 Å². The number of pyridine rings is 1. The van der Waals surface area contributed by atoms with E-state index in [1.54, 1.807) is 12.3 Å². The Morgan fingerprint density at radius 3 is 2.83 bits per heavy atom. The molecule has 0 aliphatic rings. The van der Waals surface area contributed by atoms with E-state index in [9.17, 15) is 0 Å². The molecule has 0 atom stereocenters. The highest BCUT2D eigenvalue weighted by Crippen LogP contribution is 2.14. The van der Waals surface area contributed by atoms with Crippen molar-refractivity contribution >= 4 is 12.0 Å². The smallest absolute Gasteiger partial charge is 0.154 e. The minimum atomic E-state index is 0.773. The molecule has 1 aromatic rings. The average Bonchev–Trinajstić information content (AvgIpc) is 2.07. The first-order valence-electron chi connectivity index (χ1n) is 3.83. The quantitative estimate of drug-likeness (QED) is 0.610.